The SMILES string of the molecule is CC(C)c1cc(C(=O)NCC(C2CC2)C2CC2)cc(Cl)n1. The van der Waals surface area contributed by atoms with Crippen LogP contribution in [0.2, 0.25) is 5.15 Å². The van der Waals surface area contributed by atoms with Crippen LogP contribution in [0.3, 0.4) is 0 Å². The van der Waals surface area contributed by atoms with Gasteiger partial charge in [-0.1, -0.05) is 25.4 Å². The van der Waals surface area contributed by atoms with E-state index in [0.717, 1.165) is 24.1 Å². The third-order valence-corrected chi connectivity index (χ3v) is 4.81. The van der Waals surface area contributed by atoms with Crippen LogP contribution >= 0.6 is 11.6 Å². The minimum Gasteiger partial charge on any atom is -0.352 e. The molecule has 0 aromatic carbocycles. The number of nitrogens with one attached hydrogen (secondary N) is 1. The number of nitrogens with zero attached hydrogens (tertiary/aromatic N) is 1. The Morgan fingerprint density at radius 3 is 2.43 bits per heavy atom. The van der Waals surface area contributed by atoms with Crippen molar-refractivity contribution in [3.63, 3.8) is 0 Å². The molecule has 2 saturated carbocycles. The van der Waals surface area contributed by atoms with Crippen LogP contribution in [-0.4, -0.2) is 17.4 Å². The van der Waals surface area contributed by atoms with E-state index in [1.165, 1.54) is 25.7 Å². The molecule has 2 aliphatic carbocycles. The Morgan fingerprint density at radius 2 is 1.90 bits per heavy atom. The highest BCUT2D eigenvalue weighted by Crippen LogP contribution is 2.48. The van der Waals surface area contributed by atoms with Crippen LogP contribution in [0, 0.1) is 17.8 Å². The van der Waals surface area contributed by atoms with Crippen molar-refractivity contribution in [2.24, 2.45) is 17.8 Å². The summed E-state index contributed by atoms with van der Waals surface area (Å²) in [6.07, 6.45) is 5.37. The molecule has 0 aliphatic heterocycles. The zero-order valence-electron chi connectivity index (χ0n) is 12.7. The number of pyridine rings is 1. The Balaban J connectivity index is 1.64. The average Bonchev–Trinajstić information content (AvgIpc) is 3.31. The molecule has 3 nitrogen and oxygen atoms in total. The molecule has 0 bridgehead atoms. The van der Waals surface area contributed by atoms with E-state index in [0.29, 0.717) is 16.6 Å². The Morgan fingerprint density at radius 1 is 1.29 bits per heavy atom. The summed E-state index contributed by atoms with van der Waals surface area (Å²) in [6, 6.07) is 3.52. The van der Waals surface area contributed by atoms with Crippen molar-refractivity contribution in [2.45, 2.75) is 45.4 Å². The molecule has 1 aromatic heterocycles. The second-order valence-corrected chi connectivity index (χ2v) is 7.19. The molecular weight excluding hydrogens is 284 g/mol. The first-order chi connectivity index (χ1) is 10.0. The van der Waals surface area contributed by atoms with E-state index in [-0.39, 0.29) is 11.8 Å². The van der Waals surface area contributed by atoms with E-state index in [4.69, 9.17) is 11.6 Å². The molecule has 0 spiro atoms. The fourth-order valence-corrected chi connectivity index (χ4v) is 3.24. The molecule has 1 N–H and O–H groups in total. The highest BCUT2D eigenvalue weighted by Gasteiger charge is 2.41. The second kappa shape index (κ2) is 5.96. The van der Waals surface area contributed by atoms with E-state index in [2.05, 4.69) is 24.1 Å². The van der Waals surface area contributed by atoms with Crippen molar-refractivity contribution in [1.29, 1.82) is 0 Å². The molecule has 0 radical (unpaired) electrons. The molecule has 0 atom stereocenters. The minimum atomic E-state index is -0.0208. The van der Waals surface area contributed by atoms with Crippen LogP contribution in [0.4, 0.5) is 0 Å². The number of hydrogen-bond acceptors (Lipinski definition) is 2. The fourth-order valence-electron chi connectivity index (χ4n) is 3.02. The van der Waals surface area contributed by atoms with Crippen LogP contribution in [0.15, 0.2) is 12.1 Å². The lowest BCUT2D eigenvalue weighted by molar-refractivity contribution is 0.0943. The summed E-state index contributed by atoms with van der Waals surface area (Å²) in [5, 5.41) is 3.51. The third-order valence-electron chi connectivity index (χ3n) is 4.62. The Labute approximate surface area is 131 Å². The summed E-state index contributed by atoms with van der Waals surface area (Å²) in [5.41, 5.74) is 1.50. The van der Waals surface area contributed by atoms with Crippen LogP contribution < -0.4 is 5.32 Å². The molecule has 1 heterocycles. The van der Waals surface area contributed by atoms with Crippen molar-refractivity contribution < 1.29 is 4.79 Å². The zero-order chi connectivity index (χ0) is 15.0. The number of rotatable bonds is 6. The van der Waals surface area contributed by atoms with Crippen LogP contribution in [0.25, 0.3) is 0 Å². The molecule has 0 unspecified atom stereocenters. The van der Waals surface area contributed by atoms with E-state index in [1.54, 1.807) is 6.07 Å². The number of halogens is 1. The van der Waals surface area contributed by atoms with Gasteiger partial charge in [-0.05, 0) is 61.5 Å². The van der Waals surface area contributed by atoms with Crippen molar-refractivity contribution in [3.05, 3.63) is 28.5 Å². The van der Waals surface area contributed by atoms with Gasteiger partial charge in [0, 0.05) is 17.8 Å². The number of amides is 1. The smallest absolute Gasteiger partial charge is 0.251 e. The average molecular weight is 307 g/mol. The third kappa shape index (κ3) is 3.76. The predicted octanol–water partition coefficient (Wildman–Crippen LogP) is 4.02. The molecule has 2 aliphatic rings. The van der Waals surface area contributed by atoms with Crippen molar-refractivity contribution in [3.8, 4) is 0 Å². The maximum atomic E-state index is 12.4. The van der Waals surface area contributed by atoms with E-state index < -0.39 is 0 Å². The first kappa shape index (κ1) is 14.8. The molecule has 3 rings (SSSR count). The topological polar surface area (TPSA) is 42.0 Å². The van der Waals surface area contributed by atoms with Gasteiger partial charge >= 0.3 is 0 Å². The Kier molecular flexibility index (Phi) is 4.21. The highest BCUT2D eigenvalue weighted by atomic mass is 35.5. The van der Waals surface area contributed by atoms with Crippen LogP contribution in [-0.2, 0) is 0 Å². The standard InChI is InChI=1S/C17H23ClN2O/c1-10(2)15-7-13(8-16(18)20-15)17(21)19-9-14(11-3-4-11)12-5-6-12/h7-8,10-12,14H,3-6,9H2,1-2H3,(H,19,21). The number of aromatic nitrogens is 1. The lowest BCUT2D eigenvalue weighted by atomic mass is 9.98. The lowest BCUT2D eigenvalue weighted by Gasteiger charge is -2.16. The molecule has 1 amide bonds. The van der Waals surface area contributed by atoms with Gasteiger partial charge in [0.1, 0.15) is 5.15 Å². The summed E-state index contributed by atoms with van der Waals surface area (Å²) in [4.78, 5) is 16.6. The molecule has 4 heteroatoms. The Hall–Kier alpha value is -1.09. The highest BCUT2D eigenvalue weighted by molar-refractivity contribution is 6.29. The maximum absolute atomic E-state index is 12.4. The van der Waals surface area contributed by atoms with Crippen LogP contribution in [0.5, 0.6) is 0 Å². The van der Waals surface area contributed by atoms with Gasteiger partial charge < -0.3 is 5.32 Å². The van der Waals surface area contributed by atoms with Gasteiger partial charge in [-0.3, -0.25) is 4.79 Å². The summed E-state index contributed by atoms with van der Waals surface area (Å²) >= 11 is 6.03. The minimum absolute atomic E-state index is 0.0208. The van der Waals surface area contributed by atoms with Gasteiger partial charge in [0.15, 0.2) is 0 Å². The molecule has 21 heavy (non-hydrogen) atoms. The summed E-state index contributed by atoms with van der Waals surface area (Å²) in [6.45, 7) is 4.91. The van der Waals surface area contributed by atoms with Crippen molar-refractivity contribution >= 4 is 17.5 Å². The number of hydrogen-bond donors (Lipinski definition) is 1. The van der Waals surface area contributed by atoms with Crippen LogP contribution in [0.1, 0.15) is 61.5 Å². The van der Waals surface area contributed by atoms with Crippen molar-refractivity contribution in [1.82, 2.24) is 10.3 Å². The fraction of sp³-hybridized carbons (Fsp3) is 0.647. The normalized spacial score (nSPS) is 18.3. The molecule has 1 aromatic rings. The largest absolute Gasteiger partial charge is 0.352 e. The second-order valence-electron chi connectivity index (χ2n) is 6.81. The summed E-state index contributed by atoms with van der Waals surface area (Å²) < 4.78 is 0. The number of carbonyl (C=O) groups excluding carboxylic acids is 1. The zero-order valence-corrected chi connectivity index (χ0v) is 13.5. The van der Waals surface area contributed by atoms with Gasteiger partial charge in [-0.15, -0.1) is 0 Å². The quantitative estimate of drug-likeness (QED) is 0.806. The first-order valence-electron chi connectivity index (χ1n) is 8.00. The first-order valence-corrected chi connectivity index (χ1v) is 8.38. The molecule has 2 fully saturated rings. The van der Waals surface area contributed by atoms with Crippen molar-refractivity contribution in [2.75, 3.05) is 6.54 Å². The van der Waals surface area contributed by atoms with Gasteiger partial charge in [0.05, 0.1) is 0 Å². The van der Waals surface area contributed by atoms with E-state index in [1.807, 2.05) is 6.07 Å². The van der Waals surface area contributed by atoms with Gasteiger partial charge in [0.2, 0.25) is 0 Å². The predicted molar refractivity (Wildman–Crippen MR) is 84.6 cm³/mol. The number of carbonyl (C=O) groups is 1. The lowest BCUT2D eigenvalue weighted by Crippen LogP contribution is -2.31. The van der Waals surface area contributed by atoms with E-state index in [9.17, 15) is 4.79 Å². The molecular formula is C17H23ClN2O. The molecule has 114 valence electrons. The van der Waals surface area contributed by atoms with Gasteiger partial charge in [-0.25, -0.2) is 4.98 Å². The summed E-state index contributed by atoms with van der Waals surface area (Å²) in [5.74, 6) is 2.64. The molecule has 0 saturated heterocycles. The van der Waals surface area contributed by atoms with Gasteiger partial charge in [-0.2, -0.15) is 0 Å². The summed E-state index contributed by atoms with van der Waals surface area (Å²) in [7, 11) is 0. The Bertz CT molecular complexity index is 524. The monoisotopic (exact) mass is 306 g/mol. The van der Waals surface area contributed by atoms with Gasteiger partial charge in [0.25, 0.3) is 5.91 Å². The van der Waals surface area contributed by atoms with E-state index >= 15 is 0 Å². The maximum Gasteiger partial charge on any atom is 0.251 e.